The van der Waals surface area contributed by atoms with Gasteiger partial charge in [-0.1, -0.05) is 26.7 Å². The van der Waals surface area contributed by atoms with Crippen LogP contribution in [0.4, 0.5) is 0 Å². The molecule has 3 N–H and O–H groups in total. The summed E-state index contributed by atoms with van der Waals surface area (Å²) in [6.07, 6.45) is 3.68. The number of rotatable bonds is 5. The Morgan fingerprint density at radius 2 is 1.82 bits per heavy atom. The zero-order chi connectivity index (χ0) is 19.5. The summed E-state index contributed by atoms with van der Waals surface area (Å²) in [5, 5.41) is 3.33. The van der Waals surface area contributed by atoms with Gasteiger partial charge in [0.05, 0.1) is 0 Å². The number of carbonyl (C=O) groups excluding carboxylic acids is 1. The quantitative estimate of drug-likeness (QED) is 0.645. The molecule has 1 aromatic rings. The lowest BCUT2D eigenvalue weighted by molar-refractivity contribution is -1.02. The number of benzene rings is 1. The zero-order valence-electron chi connectivity index (χ0n) is 17.3. The van der Waals surface area contributed by atoms with Gasteiger partial charge in [-0.25, -0.2) is 0 Å². The number of hydrogen-bond acceptors (Lipinski definition) is 3. The van der Waals surface area contributed by atoms with Crippen LogP contribution in [0.1, 0.15) is 38.7 Å². The van der Waals surface area contributed by atoms with Crippen LogP contribution < -0.4 is 24.6 Å². The van der Waals surface area contributed by atoms with E-state index in [1.807, 2.05) is 6.07 Å². The van der Waals surface area contributed by atoms with Crippen molar-refractivity contribution in [2.24, 2.45) is 11.8 Å². The molecule has 1 amide bonds. The average Bonchev–Trinajstić information content (AvgIpc) is 3.15. The van der Waals surface area contributed by atoms with Crippen molar-refractivity contribution in [2.45, 2.75) is 45.7 Å². The summed E-state index contributed by atoms with van der Waals surface area (Å²) in [7, 11) is 0. The lowest BCUT2D eigenvalue weighted by Crippen LogP contribution is -3.28. The van der Waals surface area contributed by atoms with Gasteiger partial charge in [0, 0.05) is 11.6 Å². The van der Waals surface area contributed by atoms with Crippen LogP contribution in [0.15, 0.2) is 18.2 Å². The van der Waals surface area contributed by atoms with Gasteiger partial charge < -0.3 is 24.6 Å². The number of quaternary nitrogens is 2. The highest BCUT2D eigenvalue weighted by Gasteiger charge is 2.30. The molecule has 1 saturated carbocycles. The molecule has 2 fully saturated rings. The van der Waals surface area contributed by atoms with Gasteiger partial charge in [0.1, 0.15) is 32.7 Å². The molecule has 0 unspecified atom stereocenters. The first kappa shape index (κ1) is 19.5. The minimum absolute atomic E-state index is 0.236. The van der Waals surface area contributed by atoms with Gasteiger partial charge in [-0.2, -0.15) is 0 Å². The zero-order valence-corrected chi connectivity index (χ0v) is 17.3. The molecule has 1 aromatic carbocycles. The number of ether oxygens (including phenoxy) is 2. The minimum atomic E-state index is 0.236. The van der Waals surface area contributed by atoms with Gasteiger partial charge >= 0.3 is 0 Å². The van der Waals surface area contributed by atoms with Crippen LogP contribution >= 0.6 is 0 Å². The summed E-state index contributed by atoms with van der Waals surface area (Å²) >= 11 is 0. The smallest absolute Gasteiger partial charge is 0.275 e. The van der Waals surface area contributed by atoms with E-state index >= 15 is 0 Å². The van der Waals surface area contributed by atoms with Gasteiger partial charge in [-0.15, -0.1) is 0 Å². The molecule has 0 radical (unpaired) electrons. The van der Waals surface area contributed by atoms with Gasteiger partial charge in [0.2, 0.25) is 6.79 Å². The molecule has 3 atom stereocenters. The first-order valence-electron chi connectivity index (χ1n) is 10.9. The molecule has 6 nitrogen and oxygen atoms in total. The Balaban J connectivity index is 1.20. The molecule has 0 aromatic heterocycles. The fraction of sp³-hybridized carbons (Fsp3) is 0.682. The summed E-state index contributed by atoms with van der Waals surface area (Å²) in [6, 6.07) is 6.62. The first-order valence-corrected chi connectivity index (χ1v) is 10.9. The van der Waals surface area contributed by atoms with E-state index in [1.54, 1.807) is 4.90 Å². The number of nitrogens with one attached hydrogen (secondary N) is 3. The second-order valence-electron chi connectivity index (χ2n) is 8.98. The topological polar surface area (TPSA) is 56.4 Å². The standard InChI is InChI=1S/C22H33N3O3/c1-16-4-3-5-19(17(16)2)23-22(26)14-25-10-8-24(9-11-25)13-18-6-7-20-21(12-18)28-15-27-20/h6-7,12,16-17,19H,3-5,8-11,13-15H2,1-2H3,(H,23,26)/p+2/t16-,17-,19+/m1/s1. The Hall–Kier alpha value is -1.79. The SMILES string of the molecule is C[C@@H]1[C@H](C)CCC[C@@H]1NC(=O)C[NH+]1CC[NH+](Cc2ccc3c(c2)OCO3)CC1. The Labute approximate surface area is 168 Å². The Morgan fingerprint density at radius 3 is 2.64 bits per heavy atom. The van der Waals surface area contributed by atoms with E-state index in [0.717, 1.165) is 56.6 Å². The number of fused-ring (bicyclic) bond motifs is 1. The molecular formula is C22H35N3O3+2. The van der Waals surface area contributed by atoms with Crippen LogP contribution in [0.25, 0.3) is 0 Å². The van der Waals surface area contributed by atoms with Crippen molar-refractivity contribution in [1.82, 2.24) is 5.32 Å². The Kier molecular flexibility index (Phi) is 6.07. The summed E-state index contributed by atoms with van der Waals surface area (Å²) < 4.78 is 10.9. The van der Waals surface area contributed by atoms with Crippen LogP contribution in [0.3, 0.4) is 0 Å². The third kappa shape index (κ3) is 4.61. The summed E-state index contributed by atoms with van der Waals surface area (Å²) in [5.41, 5.74) is 1.29. The fourth-order valence-electron chi connectivity index (χ4n) is 4.92. The van der Waals surface area contributed by atoms with Crippen molar-refractivity contribution in [3.63, 3.8) is 0 Å². The number of hydrogen-bond donors (Lipinski definition) is 3. The molecule has 4 rings (SSSR count). The normalized spacial score (nSPS) is 32.1. The summed E-state index contributed by atoms with van der Waals surface area (Å²) in [4.78, 5) is 15.5. The monoisotopic (exact) mass is 389 g/mol. The second-order valence-corrected chi connectivity index (χ2v) is 8.98. The molecule has 28 heavy (non-hydrogen) atoms. The van der Waals surface area contributed by atoms with Crippen molar-refractivity contribution in [3.05, 3.63) is 23.8 Å². The predicted molar refractivity (Wildman–Crippen MR) is 107 cm³/mol. The van der Waals surface area contributed by atoms with Crippen molar-refractivity contribution >= 4 is 5.91 Å². The van der Waals surface area contributed by atoms with Gasteiger partial charge in [0.15, 0.2) is 18.0 Å². The lowest BCUT2D eigenvalue weighted by Gasteiger charge is -2.35. The van der Waals surface area contributed by atoms with E-state index < -0.39 is 0 Å². The molecule has 2 heterocycles. The third-order valence-electron chi connectivity index (χ3n) is 7.02. The van der Waals surface area contributed by atoms with E-state index in [9.17, 15) is 4.79 Å². The summed E-state index contributed by atoms with van der Waals surface area (Å²) in [5.74, 6) is 3.26. The predicted octanol–water partition coefficient (Wildman–Crippen LogP) is -0.360. The average molecular weight is 390 g/mol. The number of carbonyl (C=O) groups is 1. The van der Waals surface area contributed by atoms with E-state index in [0.29, 0.717) is 25.3 Å². The van der Waals surface area contributed by atoms with E-state index in [4.69, 9.17) is 9.47 Å². The van der Waals surface area contributed by atoms with Crippen LogP contribution in [0.2, 0.25) is 0 Å². The largest absolute Gasteiger partial charge is 0.454 e. The maximum Gasteiger partial charge on any atom is 0.275 e. The maximum absolute atomic E-state index is 12.5. The molecule has 2 aliphatic heterocycles. The van der Waals surface area contributed by atoms with Gasteiger partial charge in [-0.05, 0) is 36.5 Å². The molecular weight excluding hydrogens is 354 g/mol. The highest BCUT2D eigenvalue weighted by Crippen LogP contribution is 2.32. The number of amides is 1. The van der Waals surface area contributed by atoms with Crippen molar-refractivity contribution in [1.29, 1.82) is 0 Å². The van der Waals surface area contributed by atoms with E-state index in [2.05, 4.69) is 31.3 Å². The third-order valence-corrected chi connectivity index (χ3v) is 7.02. The lowest BCUT2D eigenvalue weighted by atomic mass is 9.78. The van der Waals surface area contributed by atoms with Crippen LogP contribution in [0.5, 0.6) is 11.5 Å². The van der Waals surface area contributed by atoms with E-state index in [1.165, 1.54) is 23.3 Å². The van der Waals surface area contributed by atoms with Crippen LogP contribution in [-0.4, -0.2) is 51.5 Å². The second kappa shape index (κ2) is 8.70. The Morgan fingerprint density at radius 1 is 1.07 bits per heavy atom. The van der Waals surface area contributed by atoms with Crippen LogP contribution in [-0.2, 0) is 11.3 Å². The van der Waals surface area contributed by atoms with Crippen molar-refractivity contribution < 1.29 is 24.1 Å². The fourth-order valence-corrected chi connectivity index (χ4v) is 4.92. The highest BCUT2D eigenvalue weighted by molar-refractivity contribution is 5.77. The molecule has 1 saturated heterocycles. The molecule has 0 spiro atoms. The van der Waals surface area contributed by atoms with Crippen LogP contribution in [0, 0.1) is 11.8 Å². The minimum Gasteiger partial charge on any atom is -0.454 e. The molecule has 6 heteroatoms. The molecule has 154 valence electrons. The maximum atomic E-state index is 12.5. The van der Waals surface area contributed by atoms with Gasteiger partial charge in [-0.3, -0.25) is 4.79 Å². The summed E-state index contributed by atoms with van der Waals surface area (Å²) in [6.45, 7) is 10.9. The molecule has 0 bridgehead atoms. The van der Waals surface area contributed by atoms with Crippen molar-refractivity contribution in [2.75, 3.05) is 39.5 Å². The molecule has 3 aliphatic rings. The van der Waals surface area contributed by atoms with Gasteiger partial charge in [0.25, 0.3) is 5.91 Å². The number of piperazine rings is 1. The highest BCUT2D eigenvalue weighted by atomic mass is 16.7. The molecule has 1 aliphatic carbocycles. The van der Waals surface area contributed by atoms with E-state index in [-0.39, 0.29) is 5.91 Å². The first-order chi connectivity index (χ1) is 13.6. The Bertz CT molecular complexity index is 688. The van der Waals surface area contributed by atoms with Crippen molar-refractivity contribution in [3.8, 4) is 11.5 Å².